The van der Waals surface area contributed by atoms with Crippen LogP contribution in [0.1, 0.15) is 40.5 Å². The van der Waals surface area contributed by atoms with E-state index in [4.69, 9.17) is 0 Å². The minimum Gasteiger partial charge on any atom is -0.377 e. The summed E-state index contributed by atoms with van der Waals surface area (Å²) in [5.74, 6) is 5.64. The first-order chi connectivity index (χ1) is 8.23. The molecule has 1 N–H and O–H groups in total. The minimum atomic E-state index is -1.20. The van der Waals surface area contributed by atoms with Gasteiger partial charge in [0.15, 0.2) is 0 Å². The molecule has 0 saturated heterocycles. The van der Waals surface area contributed by atoms with Crippen molar-refractivity contribution in [2.24, 2.45) is 11.3 Å². The maximum Gasteiger partial charge on any atom is 0.143 e. The molecule has 0 amide bonds. The molecule has 0 radical (unpaired) electrons. The molecule has 1 aliphatic carbocycles. The van der Waals surface area contributed by atoms with Gasteiger partial charge in [-0.25, -0.2) is 0 Å². The van der Waals surface area contributed by atoms with E-state index in [2.05, 4.69) is 11.8 Å². The molecule has 1 fully saturated rings. The number of hydrogen-bond acceptors (Lipinski definition) is 3. The van der Waals surface area contributed by atoms with Gasteiger partial charge in [0, 0.05) is 29.7 Å². The zero-order valence-electron chi connectivity index (χ0n) is 11.4. The highest BCUT2D eigenvalue weighted by Gasteiger charge is 2.51. The lowest BCUT2D eigenvalue weighted by Crippen LogP contribution is -2.53. The third-order valence-corrected chi connectivity index (χ3v) is 3.69. The second-order valence-corrected chi connectivity index (χ2v) is 5.71. The van der Waals surface area contributed by atoms with Crippen molar-refractivity contribution in [3.05, 3.63) is 11.6 Å². The topological polar surface area (TPSA) is 54.4 Å². The summed E-state index contributed by atoms with van der Waals surface area (Å²) in [4.78, 5) is 21.9. The molecule has 0 spiro atoms. The minimum absolute atomic E-state index is 0.166. The van der Waals surface area contributed by atoms with Gasteiger partial charge in [-0.3, -0.25) is 9.59 Å². The second-order valence-electron chi connectivity index (χ2n) is 5.71. The van der Waals surface area contributed by atoms with Crippen LogP contribution >= 0.6 is 0 Å². The molecule has 98 valence electrons. The molecule has 0 aromatic rings. The molecular formula is C15H20O3. The van der Waals surface area contributed by atoms with Crippen LogP contribution in [0.25, 0.3) is 0 Å². The Balaban J connectivity index is 3.12. The van der Waals surface area contributed by atoms with Gasteiger partial charge in [0.25, 0.3) is 0 Å². The smallest absolute Gasteiger partial charge is 0.143 e. The Morgan fingerprint density at radius 3 is 2.61 bits per heavy atom. The predicted molar refractivity (Wildman–Crippen MR) is 69.7 cm³/mol. The zero-order chi connectivity index (χ0) is 14.0. The molecule has 3 heteroatoms. The number of allylic oxidation sites excluding steroid dienone is 2. The lowest BCUT2D eigenvalue weighted by atomic mass is 9.60. The van der Waals surface area contributed by atoms with Gasteiger partial charge in [-0.1, -0.05) is 32.6 Å². The molecule has 0 aromatic heterocycles. The van der Waals surface area contributed by atoms with Crippen LogP contribution in [0, 0.1) is 23.2 Å². The van der Waals surface area contributed by atoms with Gasteiger partial charge in [-0.2, -0.15) is 0 Å². The highest BCUT2D eigenvalue weighted by atomic mass is 16.3. The fourth-order valence-electron chi connectivity index (χ4n) is 2.49. The molecule has 18 heavy (non-hydrogen) atoms. The van der Waals surface area contributed by atoms with Crippen LogP contribution in [-0.4, -0.2) is 22.8 Å². The van der Waals surface area contributed by atoms with Gasteiger partial charge in [-0.05, 0) is 13.0 Å². The Morgan fingerprint density at radius 1 is 1.50 bits per heavy atom. The third kappa shape index (κ3) is 2.70. The van der Waals surface area contributed by atoms with Crippen LogP contribution in [0.4, 0.5) is 0 Å². The second kappa shape index (κ2) is 5.07. The fourth-order valence-corrected chi connectivity index (χ4v) is 2.49. The van der Waals surface area contributed by atoms with Crippen molar-refractivity contribution in [3.8, 4) is 11.8 Å². The first-order valence-corrected chi connectivity index (χ1v) is 6.12. The average Bonchev–Trinajstić information content (AvgIpc) is 2.23. The first kappa shape index (κ1) is 14.7. The van der Waals surface area contributed by atoms with E-state index in [1.807, 2.05) is 20.8 Å². The van der Waals surface area contributed by atoms with E-state index in [0.717, 1.165) is 0 Å². The monoisotopic (exact) mass is 248 g/mol. The van der Waals surface area contributed by atoms with Crippen molar-refractivity contribution in [2.75, 3.05) is 0 Å². The average molecular weight is 248 g/mol. The van der Waals surface area contributed by atoms with E-state index >= 15 is 0 Å². The Labute approximate surface area is 108 Å². The molecule has 0 bridgehead atoms. The third-order valence-electron chi connectivity index (χ3n) is 3.69. The lowest BCUT2D eigenvalue weighted by Gasteiger charge is -2.46. The van der Waals surface area contributed by atoms with Crippen molar-refractivity contribution >= 4 is 12.1 Å². The van der Waals surface area contributed by atoms with Crippen LogP contribution in [0.3, 0.4) is 0 Å². The zero-order valence-corrected chi connectivity index (χ0v) is 11.4. The van der Waals surface area contributed by atoms with Gasteiger partial charge >= 0.3 is 0 Å². The van der Waals surface area contributed by atoms with E-state index in [0.29, 0.717) is 24.7 Å². The summed E-state index contributed by atoms with van der Waals surface area (Å²) in [6, 6.07) is 0. The van der Waals surface area contributed by atoms with E-state index < -0.39 is 11.0 Å². The highest BCUT2D eigenvalue weighted by molar-refractivity contribution is 5.81. The Kier molecular flexibility index (Phi) is 4.13. The quantitative estimate of drug-likeness (QED) is 0.438. The number of carbonyl (C=O) groups is 2. The van der Waals surface area contributed by atoms with E-state index in [-0.39, 0.29) is 11.7 Å². The number of hydrogen-bond donors (Lipinski definition) is 1. The summed E-state index contributed by atoms with van der Waals surface area (Å²) in [5, 5.41) is 10.8. The summed E-state index contributed by atoms with van der Waals surface area (Å²) in [5.41, 5.74) is -1.16. The number of ketones is 1. The summed E-state index contributed by atoms with van der Waals surface area (Å²) in [6.45, 7) is 7.27. The summed E-state index contributed by atoms with van der Waals surface area (Å²) < 4.78 is 0. The van der Waals surface area contributed by atoms with Gasteiger partial charge in [0.05, 0.1) is 0 Å². The van der Waals surface area contributed by atoms with Crippen LogP contribution in [0.5, 0.6) is 0 Å². The van der Waals surface area contributed by atoms with Crippen LogP contribution in [-0.2, 0) is 9.59 Å². The standard InChI is InChI=1S/C15H20O3/c1-11(6-8-16)5-7-15(18)12(2)9-13(17)10-14(15,3)4/h6,8,12,18H,9-10H2,1-4H3. The molecule has 2 unspecified atom stereocenters. The maximum atomic E-state index is 11.6. The summed E-state index contributed by atoms with van der Waals surface area (Å²) in [7, 11) is 0. The van der Waals surface area contributed by atoms with Gasteiger partial charge in [0.2, 0.25) is 0 Å². The molecule has 3 nitrogen and oxygen atoms in total. The normalized spacial score (nSPS) is 31.5. The molecule has 1 rings (SSSR count). The first-order valence-electron chi connectivity index (χ1n) is 6.12. The van der Waals surface area contributed by atoms with Crippen molar-refractivity contribution in [1.29, 1.82) is 0 Å². The van der Waals surface area contributed by atoms with E-state index in [1.54, 1.807) is 6.92 Å². The maximum absolute atomic E-state index is 11.6. The van der Waals surface area contributed by atoms with E-state index in [1.165, 1.54) is 6.08 Å². The Morgan fingerprint density at radius 2 is 2.11 bits per heavy atom. The number of carbonyl (C=O) groups excluding carboxylic acids is 2. The Hall–Kier alpha value is -1.40. The number of aliphatic hydroxyl groups is 1. The molecule has 1 saturated carbocycles. The van der Waals surface area contributed by atoms with Crippen LogP contribution in [0.15, 0.2) is 11.6 Å². The number of rotatable bonds is 1. The van der Waals surface area contributed by atoms with Crippen molar-refractivity contribution in [2.45, 2.75) is 46.1 Å². The SMILES string of the molecule is CC(C#CC1(O)C(C)CC(=O)CC1(C)C)=CC=O. The van der Waals surface area contributed by atoms with Gasteiger partial charge in [0.1, 0.15) is 17.7 Å². The molecular weight excluding hydrogens is 228 g/mol. The van der Waals surface area contributed by atoms with Crippen LogP contribution < -0.4 is 0 Å². The van der Waals surface area contributed by atoms with Crippen molar-refractivity contribution in [3.63, 3.8) is 0 Å². The molecule has 2 atom stereocenters. The molecule has 0 aliphatic heterocycles. The van der Waals surface area contributed by atoms with Gasteiger partial charge < -0.3 is 5.11 Å². The Bertz CT molecular complexity index is 448. The van der Waals surface area contributed by atoms with E-state index in [9.17, 15) is 14.7 Å². The predicted octanol–water partition coefficient (Wildman–Crippen LogP) is 1.89. The summed E-state index contributed by atoms with van der Waals surface area (Å²) in [6.07, 6.45) is 2.72. The van der Waals surface area contributed by atoms with Crippen molar-refractivity contribution < 1.29 is 14.7 Å². The molecule has 0 heterocycles. The summed E-state index contributed by atoms with van der Waals surface area (Å²) >= 11 is 0. The highest BCUT2D eigenvalue weighted by Crippen LogP contribution is 2.45. The fraction of sp³-hybridized carbons (Fsp3) is 0.600. The van der Waals surface area contributed by atoms with Crippen molar-refractivity contribution in [1.82, 2.24) is 0 Å². The van der Waals surface area contributed by atoms with Gasteiger partial charge in [-0.15, -0.1) is 0 Å². The number of aldehydes is 1. The lowest BCUT2D eigenvalue weighted by molar-refractivity contribution is -0.140. The molecule has 1 aliphatic rings. The molecule has 0 aromatic carbocycles. The number of Topliss-reactive ketones (excluding diaryl/α,β-unsaturated/α-hetero) is 1. The van der Waals surface area contributed by atoms with Crippen LogP contribution in [0.2, 0.25) is 0 Å². The largest absolute Gasteiger partial charge is 0.377 e.